The van der Waals surface area contributed by atoms with E-state index in [4.69, 9.17) is 0 Å². The predicted octanol–water partition coefficient (Wildman–Crippen LogP) is 3.86. The molecule has 1 unspecified atom stereocenters. The second-order valence-corrected chi connectivity index (χ2v) is 4.04. The van der Waals surface area contributed by atoms with E-state index in [1.807, 2.05) is 0 Å². The third-order valence-electron chi connectivity index (χ3n) is 2.34. The third kappa shape index (κ3) is 3.64. The van der Waals surface area contributed by atoms with E-state index in [0.29, 0.717) is 6.92 Å². The Kier molecular flexibility index (Phi) is 4.26. The molecule has 0 amide bonds. The maximum Gasteiger partial charge on any atom is 0.467 e. The van der Waals surface area contributed by atoms with Gasteiger partial charge in [0.15, 0.2) is 6.26 Å². The molecule has 11 heteroatoms. The zero-order chi connectivity index (χ0) is 16.5. The van der Waals surface area contributed by atoms with E-state index in [1.165, 1.54) is 0 Å². The molecule has 2 aliphatic rings. The first-order valence-corrected chi connectivity index (χ1v) is 5.17. The van der Waals surface area contributed by atoms with Crippen molar-refractivity contribution in [3.8, 4) is 0 Å². The van der Waals surface area contributed by atoms with Crippen LogP contribution in [0.1, 0.15) is 13.8 Å². The van der Waals surface area contributed by atoms with Gasteiger partial charge in [0.25, 0.3) is 0 Å². The highest BCUT2D eigenvalue weighted by molar-refractivity contribution is 4.91. The number of halogens is 7. The Balaban J connectivity index is 0.000000211. The number of ether oxygens (including phenoxy) is 4. The summed E-state index contributed by atoms with van der Waals surface area (Å²) in [6, 6.07) is -1.37. The summed E-state index contributed by atoms with van der Waals surface area (Å²) < 4.78 is 99.2. The first-order chi connectivity index (χ1) is 9.31. The Morgan fingerprint density at radius 2 is 1.24 bits per heavy atom. The van der Waals surface area contributed by atoms with Gasteiger partial charge < -0.3 is 18.9 Å². The van der Waals surface area contributed by atoms with Gasteiger partial charge in [0.2, 0.25) is 0 Å². The highest BCUT2D eigenvalue weighted by Gasteiger charge is 2.59. The van der Waals surface area contributed by atoms with Crippen LogP contribution in [0.2, 0.25) is 0 Å². The summed E-state index contributed by atoms with van der Waals surface area (Å²) in [5, 5.41) is 0. The Hall–Kier alpha value is -1.81. The lowest BCUT2D eigenvalue weighted by molar-refractivity contribution is -0.333. The lowest BCUT2D eigenvalue weighted by Gasteiger charge is -2.24. The van der Waals surface area contributed by atoms with Crippen molar-refractivity contribution in [2.24, 2.45) is 0 Å². The molecule has 2 aliphatic heterocycles. The van der Waals surface area contributed by atoms with Crippen LogP contribution in [-0.2, 0) is 18.9 Å². The van der Waals surface area contributed by atoms with E-state index in [9.17, 15) is 30.7 Å². The molecule has 122 valence electrons. The molecule has 4 nitrogen and oxygen atoms in total. The van der Waals surface area contributed by atoms with Crippen molar-refractivity contribution in [3.63, 3.8) is 0 Å². The fourth-order valence-corrected chi connectivity index (χ4v) is 0.994. The minimum atomic E-state index is -4.74. The summed E-state index contributed by atoms with van der Waals surface area (Å²) >= 11 is 0. The molecule has 0 saturated carbocycles. The van der Waals surface area contributed by atoms with Crippen molar-refractivity contribution in [1.82, 2.24) is 0 Å². The topological polar surface area (TPSA) is 36.9 Å². The maximum atomic E-state index is 12.0. The van der Waals surface area contributed by atoms with Crippen LogP contribution in [0, 0.1) is 0 Å². The molecule has 0 aromatic carbocycles. The summed E-state index contributed by atoms with van der Waals surface area (Å²) in [7, 11) is 0. The predicted molar refractivity (Wildman–Crippen MR) is 51.6 cm³/mol. The highest BCUT2D eigenvalue weighted by Crippen LogP contribution is 2.40. The minimum absolute atomic E-state index is 0.285. The van der Waals surface area contributed by atoms with Gasteiger partial charge >= 0.3 is 29.9 Å². The lowest BCUT2D eigenvalue weighted by atomic mass is 10.3. The Bertz CT molecular complexity index is 432. The molecule has 0 aliphatic carbocycles. The SMILES string of the molecule is CC1(C(F)(F)F)OC=C(F)O1.CC1(C(F)(F)F)OC=CO1. The average Bonchev–Trinajstić information content (AvgIpc) is 2.86. The number of rotatable bonds is 0. The zero-order valence-electron chi connectivity index (χ0n) is 10.5. The van der Waals surface area contributed by atoms with Gasteiger partial charge in [0.05, 0.1) is 0 Å². The fraction of sp³-hybridized carbons (Fsp3) is 0.600. The smallest absolute Gasteiger partial charge is 0.450 e. The molecule has 2 rings (SSSR count). The normalized spacial score (nSPS) is 26.6. The Morgan fingerprint density at radius 1 is 0.810 bits per heavy atom. The summed E-state index contributed by atoms with van der Waals surface area (Å²) in [5.74, 6) is -5.34. The van der Waals surface area contributed by atoms with Crippen LogP contribution in [0.3, 0.4) is 0 Å². The van der Waals surface area contributed by atoms with Crippen LogP contribution < -0.4 is 0 Å². The van der Waals surface area contributed by atoms with Crippen LogP contribution in [0.4, 0.5) is 30.7 Å². The summed E-state index contributed by atoms with van der Waals surface area (Å²) in [4.78, 5) is 0. The fourth-order valence-electron chi connectivity index (χ4n) is 0.994. The molecular formula is C10H9F7O4. The van der Waals surface area contributed by atoms with E-state index in [2.05, 4.69) is 18.9 Å². The van der Waals surface area contributed by atoms with Gasteiger partial charge in [-0.1, -0.05) is 0 Å². The lowest BCUT2D eigenvalue weighted by Crippen LogP contribution is -2.43. The van der Waals surface area contributed by atoms with Crippen molar-refractivity contribution >= 4 is 0 Å². The van der Waals surface area contributed by atoms with Crippen LogP contribution in [-0.4, -0.2) is 23.9 Å². The van der Waals surface area contributed by atoms with Crippen molar-refractivity contribution in [2.75, 3.05) is 0 Å². The molecule has 0 aromatic heterocycles. The van der Waals surface area contributed by atoms with E-state index < -0.39 is 29.9 Å². The molecule has 0 N–H and O–H groups in total. The maximum absolute atomic E-state index is 12.0. The molecule has 0 aromatic rings. The summed E-state index contributed by atoms with van der Waals surface area (Å²) in [6.45, 7) is 1.41. The molecule has 0 fully saturated rings. The van der Waals surface area contributed by atoms with Crippen molar-refractivity contribution in [2.45, 2.75) is 37.8 Å². The summed E-state index contributed by atoms with van der Waals surface area (Å²) in [5.41, 5.74) is 0. The average molecular weight is 326 g/mol. The van der Waals surface area contributed by atoms with Crippen molar-refractivity contribution in [3.05, 3.63) is 24.8 Å². The highest BCUT2D eigenvalue weighted by atomic mass is 19.4. The molecule has 1 atom stereocenters. The first kappa shape index (κ1) is 17.2. The van der Waals surface area contributed by atoms with Gasteiger partial charge in [-0.15, -0.1) is 0 Å². The number of hydrogen-bond acceptors (Lipinski definition) is 4. The number of hydrogen-bond donors (Lipinski definition) is 0. The van der Waals surface area contributed by atoms with Crippen LogP contribution >= 0.6 is 0 Å². The van der Waals surface area contributed by atoms with Crippen LogP contribution in [0.15, 0.2) is 24.8 Å². The third-order valence-corrected chi connectivity index (χ3v) is 2.34. The quantitative estimate of drug-likeness (QED) is 0.634. The zero-order valence-corrected chi connectivity index (χ0v) is 10.5. The van der Waals surface area contributed by atoms with E-state index in [0.717, 1.165) is 19.4 Å². The van der Waals surface area contributed by atoms with Gasteiger partial charge in [-0.25, -0.2) is 0 Å². The molecule has 21 heavy (non-hydrogen) atoms. The van der Waals surface area contributed by atoms with Crippen LogP contribution in [0.25, 0.3) is 0 Å². The molecule has 0 saturated heterocycles. The molecule has 0 spiro atoms. The first-order valence-electron chi connectivity index (χ1n) is 5.17. The Morgan fingerprint density at radius 3 is 1.43 bits per heavy atom. The molecule has 2 heterocycles. The summed E-state index contributed by atoms with van der Waals surface area (Å²) in [6.07, 6.45) is -7.21. The standard InChI is InChI=1S/C5H4F4O2.C5H5F3O2/c1-4(5(7,8)9)10-2-3(6)11-4;1-4(5(6,7)8)9-2-3-10-4/h2H,1H3;2-3H,1H3. The van der Waals surface area contributed by atoms with Crippen molar-refractivity contribution < 1.29 is 49.7 Å². The monoisotopic (exact) mass is 326 g/mol. The largest absolute Gasteiger partial charge is 0.467 e. The van der Waals surface area contributed by atoms with Gasteiger partial charge in [0, 0.05) is 13.8 Å². The minimum Gasteiger partial charge on any atom is -0.450 e. The van der Waals surface area contributed by atoms with Gasteiger partial charge in [-0.2, -0.15) is 30.7 Å². The van der Waals surface area contributed by atoms with Crippen LogP contribution in [0.5, 0.6) is 0 Å². The molecule has 0 radical (unpaired) electrons. The van der Waals surface area contributed by atoms with E-state index in [-0.39, 0.29) is 6.26 Å². The van der Waals surface area contributed by atoms with Crippen molar-refractivity contribution in [1.29, 1.82) is 0 Å². The van der Waals surface area contributed by atoms with Gasteiger partial charge in [0.1, 0.15) is 12.5 Å². The molecular weight excluding hydrogens is 317 g/mol. The van der Waals surface area contributed by atoms with E-state index in [1.54, 1.807) is 0 Å². The Labute approximate surface area is 113 Å². The van der Waals surface area contributed by atoms with E-state index >= 15 is 0 Å². The molecule has 0 bridgehead atoms. The van der Waals surface area contributed by atoms with Gasteiger partial charge in [-0.05, 0) is 0 Å². The second-order valence-electron chi connectivity index (χ2n) is 4.04. The van der Waals surface area contributed by atoms with Gasteiger partial charge in [-0.3, -0.25) is 0 Å². The second kappa shape index (κ2) is 5.19. The number of alkyl halides is 6.